The molecular formula is C10H14Cl2N2. The van der Waals surface area contributed by atoms with Crippen molar-refractivity contribution in [1.29, 1.82) is 0 Å². The molecule has 4 heteroatoms. The highest BCUT2D eigenvalue weighted by Gasteiger charge is 2.38. The van der Waals surface area contributed by atoms with Gasteiger partial charge < -0.3 is 5.32 Å². The van der Waals surface area contributed by atoms with E-state index in [0.717, 1.165) is 12.8 Å². The van der Waals surface area contributed by atoms with E-state index in [2.05, 4.69) is 10.3 Å². The van der Waals surface area contributed by atoms with Gasteiger partial charge in [-0.1, -0.05) is 42.5 Å². The Morgan fingerprint density at radius 1 is 1.36 bits per heavy atom. The normalized spacial score (nSPS) is 33.7. The molecule has 78 valence electrons. The zero-order chi connectivity index (χ0) is 10.0. The molecule has 0 aromatic carbocycles. The molecule has 1 unspecified atom stereocenters. The Morgan fingerprint density at radius 2 is 2.07 bits per heavy atom. The fourth-order valence-electron chi connectivity index (χ4n) is 2.15. The number of allylic oxidation sites excluding steroid dienone is 1. The highest BCUT2D eigenvalue weighted by Crippen LogP contribution is 2.37. The summed E-state index contributed by atoms with van der Waals surface area (Å²) in [7, 11) is 0. The van der Waals surface area contributed by atoms with Crippen LogP contribution in [0.4, 0.5) is 0 Å². The standard InChI is InChI=1S/C10H14Cl2N2/c11-9-6-7-13-10(12,14-9)8-4-2-1-3-5-8/h6-8,14H,1-5H2. The molecule has 1 aliphatic heterocycles. The first-order valence-electron chi connectivity index (χ1n) is 5.09. The third-order valence-corrected chi connectivity index (χ3v) is 3.65. The van der Waals surface area contributed by atoms with Gasteiger partial charge in [-0.05, 0) is 18.9 Å². The summed E-state index contributed by atoms with van der Waals surface area (Å²) in [5, 5.41) is 2.95. The molecule has 0 aromatic heterocycles. The minimum Gasteiger partial charge on any atom is -0.339 e. The summed E-state index contributed by atoms with van der Waals surface area (Å²) in [5.74, 6) is 0.400. The Bertz CT molecular complexity index is 269. The molecule has 1 heterocycles. The van der Waals surface area contributed by atoms with E-state index in [1.54, 1.807) is 12.3 Å². The van der Waals surface area contributed by atoms with Crippen LogP contribution in [0.3, 0.4) is 0 Å². The van der Waals surface area contributed by atoms with Crippen LogP contribution in [0.2, 0.25) is 0 Å². The topological polar surface area (TPSA) is 24.4 Å². The summed E-state index contributed by atoms with van der Waals surface area (Å²) >= 11 is 12.3. The summed E-state index contributed by atoms with van der Waals surface area (Å²) in [6.07, 6.45) is 9.51. The number of nitrogens with zero attached hydrogens (tertiary/aromatic N) is 1. The Morgan fingerprint density at radius 3 is 2.71 bits per heavy atom. The molecule has 2 nitrogen and oxygen atoms in total. The first kappa shape index (κ1) is 10.3. The quantitative estimate of drug-likeness (QED) is 0.545. The minimum absolute atomic E-state index is 0.400. The molecule has 1 N–H and O–H groups in total. The number of aliphatic imine (C=N–C) groups is 1. The van der Waals surface area contributed by atoms with Gasteiger partial charge in [-0.15, -0.1) is 0 Å². The van der Waals surface area contributed by atoms with Crippen molar-refractivity contribution in [2.45, 2.75) is 37.2 Å². The van der Waals surface area contributed by atoms with E-state index in [9.17, 15) is 0 Å². The molecule has 14 heavy (non-hydrogen) atoms. The van der Waals surface area contributed by atoms with Crippen LogP contribution in [0.25, 0.3) is 0 Å². The fraction of sp³-hybridized carbons (Fsp3) is 0.700. The molecular weight excluding hydrogens is 219 g/mol. The largest absolute Gasteiger partial charge is 0.339 e. The molecule has 2 rings (SSSR count). The maximum absolute atomic E-state index is 6.41. The van der Waals surface area contributed by atoms with Crippen molar-refractivity contribution in [2.24, 2.45) is 10.9 Å². The number of hydrogen-bond acceptors (Lipinski definition) is 2. The second-order valence-corrected chi connectivity index (χ2v) is 4.91. The van der Waals surface area contributed by atoms with Gasteiger partial charge >= 0.3 is 0 Å². The molecule has 2 aliphatic rings. The molecule has 1 aliphatic carbocycles. The summed E-state index contributed by atoms with van der Waals surface area (Å²) in [4.78, 5) is 4.30. The van der Waals surface area contributed by atoms with Crippen molar-refractivity contribution < 1.29 is 0 Å². The molecule has 0 spiro atoms. The Labute approximate surface area is 94.4 Å². The highest BCUT2D eigenvalue weighted by molar-refractivity contribution is 6.32. The number of hydrogen-bond donors (Lipinski definition) is 1. The lowest BCUT2D eigenvalue weighted by atomic mass is 9.86. The van der Waals surface area contributed by atoms with Crippen molar-refractivity contribution in [3.05, 3.63) is 11.2 Å². The second kappa shape index (κ2) is 4.11. The van der Waals surface area contributed by atoms with Crippen molar-refractivity contribution >= 4 is 29.4 Å². The maximum Gasteiger partial charge on any atom is 0.209 e. The lowest BCUT2D eigenvalue weighted by molar-refractivity contribution is 0.256. The average molecular weight is 233 g/mol. The number of rotatable bonds is 1. The predicted molar refractivity (Wildman–Crippen MR) is 60.7 cm³/mol. The third-order valence-electron chi connectivity index (χ3n) is 2.92. The molecule has 0 aromatic rings. The van der Waals surface area contributed by atoms with Gasteiger partial charge in [0, 0.05) is 12.1 Å². The van der Waals surface area contributed by atoms with Gasteiger partial charge in [-0.3, -0.25) is 0 Å². The van der Waals surface area contributed by atoms with Crippen molar-refractivity contribution in [3.63, 3.8) is 0 Å². The lowest BCUT2D eigenvalue weighted by Gasteiger charge is -2.36. The molecule has 1 fully saturated rings. The van der Waals surface area contributed by atoms with Crippen LogP contribution < -0.4 is 5.32 Å². The van der Waals surface area contributed by atoms with Crippen LogP contribution in [-0.2, 0) is 0 Å². The van der Waals surface area contributed by atoms with E-state index in [0.29, 0.717) is 11.1 Å². The summed E-state index contributed by atoms with van der Waals surface area (Å²) in [6.45, 7) is 0. The van der Waals surface area contributed by atoms with Crippen molar-refractivity contribution in [2.75, 3.05) is 0 Å². The van der Waals surface area contributed by atoms with E-state index in [1.807, 2.05) is 0 Å². The Balaban J connectivity index is 2.08. The highest BCUT2D eigenvalue weighted by atomic mass is 35.5. The second-order valence-electron chi connectivity index (χ2n) is 3.93. The van der Waals surface area contributed by atoms with Gasteiger partial charge in [0.1, 0.15) is 5.16 Å². The van der Waals surface area contributed by atoms with Gasteiger partial charge in [-0.2, -0.15) is 0 Å². The first-order valence-corrected chi connectivity index (χ1v) is 5.84. The number of nitrogens with one attached hydrogen (secondary N) is 1. The van der Waals surface area contributed by atoms with E-state index in [1.165, 1.54) is 19.3 Å². The lowest BCUT2D eigenvalue weighted by Crippen LogP contribution is -2.45. The number of halogens is 2. The number of alkyl halides is 1. The van der Waals surface area contributed by atoms with E-state index in [-0.39, 0.29) is 0 Å². The zero-order valence-corrected chi connectivity index (χ0v) is 9.48. The first-order chi connectivity index (χ1) is 6.71. The minimum atomic E-state index is -0.688. The van der Waals surface area contributed by atoms with Crippen LogP contribution in [0.1, 0.15) is 32.1 Å². The zero-order valence-electron chi connectivity index (χ0n) is 7.97. The van der Waals surface area contributed by atoms with Crippen molar-refractivity contribution in [1.82, 2.24) is 5.32 Å². The predicted octanol–water partition coefficient (Wildman–Crippen LogP) is 3.21. The van der Waals surface area contributed by atoms with Crippen LogP contribution in [0.15, 0.2) is 16.2 Å². The van der Waals surface area contributed by atoms with Crippen LogP contribution in [-0.4, -0.2) is 11.3 Å². The summed E-state index contributed by atoms with van der Waals surface area (Å²) in [5.41, 5.74) is 0. The molecule has 0 bridgehead atoms. The van der Waals surface area contributed by atoms with E-state index >= 15 is 0 Å². The Kier molecular flexibility index (Phi) is 3.03. The average Bonchev–Trinajstić information content (AvgIpc) is 2.19. The van der Waals surface area contributed by atoms with Gasteiger partial charge in [0.05, 0.1) is 0 Å². The van der Waals surface area contributed by atoms with Crippen LogP contribution in [0.5, 0.6) is 0 Å². The fourth-order valence-corrected chi connectivity index (χ4v) is 2.77. The maximum atomic E-state index is 6.41. The molecule has 1 saturated carbocycles. The van der Waals surface area contributed by atoms with Crippen LogP contribution >= 0.6 is 23.2 Å². The molecule has 0 radical (unpaired) electrons. The molecule has 0 amide bonds. The van der Waals surface area contributed by atoms with Gasteiger partial charge in [0.15, 0.2) is 0 Å². The monoisotopic (exact) mass is 232 g/mol. The van der Waals surface area contributed by atoms with E-state index in [4.69, 9.17) is 23.2 Å². The van der Waals surface area contributed by atoms with E-state index < -0.39 is 5.12 Å². The Hall–Kier alpha value is -0.210. The third kappa shape index (κ3) is 2.06. The molecule has 1 atom stereocenters. The van der Waals surface area contributed by atoms with Crippen molar-refractivity contribution in [3.8, 4) is 0 Å². The smallest absolute Gasteiger partial charge is 0.209 e. The SMILES string of the molecule is ClC1=CC=NC(Cl)(C2CCCCC2)N1. The van der Waals surface area contributed by atoms with Gasteiger partial charge in [0.2, 0.25) is 5.12 Å². The van der Waals surface area contributed by atoms with Gasteiger partial charge in [0.25, 0.3) is 0 Å². The summed E-state index contributed by atoms with van der Waals surface area (Å²) < 4.78 is 0. The van der Waals surface area contributed by atoms with Crippen LogP contribution in [0, 0.1) is 5.92 Å². The van der Waals surface area contributed by atoms with Gasteiger partial charge in [-0.25, -0.2) is 4.99 Å². The summed E-state index contributed by atoms with van der Waals surface area (Å²) in [6, 6.07) is 0. The molecule has 0 saturated heterocycles.